The topological polar surface area (TPSA) is 17.8 Å². The lowest BCUT2D eigenvalue weighted by atomic mass is 9.96. The molecule has 0 aliphatic rings. The summed E-state index contributed by atoms with van der Waals surface area (Å²) in [7, 11) is 0. The highest BCUT2D eigenvalue weighted by atomic mass is 35.5. The molecule has 0 unspecified atom stereocenters. The van der Waals surface area contributed by atoms with Gasteiger partial charge in [0.15, 0.2) is 0 Å². The smallest absolute Gasteiger partial charge is 0.0991 e. The number of benzene rings is 3. The van der Waals surface area contributed by atoms with Crippen LogP contribution in [0.1, 0.15) is 5.56 Å². The molecule has 1 heterocycles. The van der Waals surface area contributed by atoms with Gasteiger partial charge in [-0.25, -0.2) is 4.98 Å². The predicted molar refractivity (Wildman–Crippen MR) is 88.1 cm³/mol. The number of hydrogen-bond acceptors (Lipinski definition) is 1. The number of nitrogens with zero attached hydrogens (tertiary/aromatic N) is 2. The lowest BCUT2D eigenvalue weighted by molar-refractivity contribution is 1.07. The van der Waals surface area contributed by atoms with Gasteiger partial charge in [0.25, 0.3) is 0 Å². The van der Waals surface area contributed by atoms with Gasteiger partial charge in [-0.05, 0) is 33.9 Å². The first-order chi connectivity index (χ1) is 10.4. The largest absolute Gasteiger partial charge is 0.306 e. The highest BCUT2D eigenvalue weighted by Crippen LogP contribution is 2.33. The second-order valence-corrected chi connectivity index (χ2v) is 5.32. The van der Waals surface area contributed by atoms with Crippen LogP contribution in [0.25, 0.3) is 27.2 Å². The summed E-state index contributed by atoms with van der Waals surface area (Å²) in [5.74, 6) is 0.490. The van der Waals surface area contributed by atoms with E-state index in [0.29, 0.717) is 5.88 Å². The molecule has 0 radical (unpaired) electrons. The van der Waals surface area contributed by atoms with Crippen molar-refractivity contribution in [2.24, 2.45) is 0 Å². The molecule has 0 bridgehead atoms. The fourth-order valence-electron chi connectivity index (χ4n) is 2.96. The zero-order valence-electron chi connectivity index (χ0n) is 11.3. The predicted octanol–water partition coefficient (Wildman–Crippen LogP) is 4.92. The van der Waals surface area contributed by atoms with Gasteiger partial charge in [-0.2, -0.15) is 0 Å². The molecule has 3 aromatic carbocycles. The highest BCUT2D eigenvalue weighted by Gasteiger charge is 2.11. The molecule has 21 heavy (non-hydrogen) atoms. The number of hydrogen-bond donors (Lipinski definition) is 0. The maximum Gasteiger partial charge on any atom is 0.0991 e. The molecule has 4 aromatic rings. The van der Waals surface area contributed by atoms with Crippen LogP contribution in [0.4, 0.5) is 0 Å². The van der Waals surface area contributed by atoms with Crippen molar-refractivity contribution in [3.63, 3.8) is 0 Å². The van der Waals surface area contributed by atoms with E-state index in [1.54, 1.807) is 6.20 Å². The van der Waals surface area contributed by atoms with Crippen molar-refractivity contribution in [1.29, 1.82) is 0 Å². The van der Waals surface area contributed by atoms with Crippen LogP contribution in [-0.2, 0) is 5.88 Å². The summed E-state index contributed by atoms with van der Waals surface area (Å²) in [6.07, 6.45) is 5.57. The van der Waals surface area contributed by atoms with Crippen LogP contribution in [0, 0.1) is 0 Å². The second-order valence-electron chi connectivity index (χ2n) is 5.06. The van der Waals surface area contributed by atoms with Gasteiger partial charge in [0.05, 0.1) is 12.0 Å². The third-order valence-electron chi connectivity index (χ3n) is 3.89. The van der Waals surface area contributed by atoms with Crippen molar-refractivity contribution in [2.45, 2.75) is 5.88 Å². The molecule has 1 aromatic heterocycles. The van der Waals surface area contributed by atoms with Crippen molar-refractivity contribution in [3.05, 3.63) is 72.8 Å². The molecule has 0 aliphatic heterocycles. The van der Waals surface area contributed by atoms with Gasteiger partial charge in [0.1, 0.15) is 0 Å². The zero-order valence-corrected chi connectivity index (χ0v) is 12.1. The molecule has 0 atom stereocenters. The van der Waals surface area contributed by atoms with Crippen LogP contribution in [0.15, 0.2) is 67.3 Å². The van der Waals surface area contributed by atoms with Gasteiger partial charge in [0.2, 0.25) is 0 Å². The van der Waals surface area contributed by atoms with Crippen LogP contribution in [0.5, 0.6) is 0 Å². The molecule has 0 amide bonds. The first-order valence-electron chi connectivity index (χ1n) is 6.86. The summed E-state index contributed by atoms with van der Waals surface area (Å²) in [5.41, 5.74) is 2.29. The molecule has 102 valence electrons. The van der Waals surface area contributed by atoms with Gasteiger partial charge in [-0.1, -0.05) is 36.4 Å². The minimum Gasteiger partial charge on any atom is -0.306 e. The normalized spacial score (nSPS) is 11.3. The quantitative estimate of drug-likeness (QED) is 0.379. The van der Waals surface area contributed by atoms with Crippen molar-refractivity contribution < 1.29 is 0 Å². The first-order valence-corrected chi connectivity index (χ1v) is 7.39. The van der Waals surface area contributed by atoms with E-state index in [-0.39, 0.29) is 0 Å². The molecule has 4 rings (SSSR count). The van der Waals surface area contributed by atoms with Gasteiger partial charge >= 0.3 is 0 Å². The van der Waals surface area contributed by atoms with Gasteiger partial charge in [-0.15, -0.1) is 11.6 Å². The molecule has 0 fully saturated rings. The van der Waals surface area contributed by atoms with Gasteiger partial charge in [-0.3, -0.25) is 0 Å². The summed E-state index contributed by atoms with van der Waals surface area (Å²) in [4.78, 5) is 4.15. The summed E-state index contributed by atoms with van der Waals surface area (Å²) in [5, 5.41) is 4.84. The maximum absolute atomic E-state index is 6.29. The molecule has 0 saturated heterocycles. The number of alkyl halides is 1. The molecule has 0 spiro atoms. The van der Waals surface area contributed by atoms with Gasteiger partial charge < -0.3 is 4.57 Å². The Morgan fingerprint density at radius 3 is 2.67 bits per heavy atom. The summed E-state index contributed by atoms with van der Waals surface area (Å²) in [6.45, 7) is 0. The van der Waals surface area contributed by atoms with Crippen molar-refractivity contribution >= 4 is 33.1 Å². The Morgan fingerprint density at radius 2 is 1.86 bits per heavy atom. The Bertz CT molecular complexity index is 927. The fourth-order valence-corrected chi connectivity index (χ4v) is 3.24. The van der Waals surface area contributed by atoms with E-state index in [4.69, 9.17) is 11.6 Å². The maximum atomic E-state index is 6.29. The number of imidazole rings is 1. The molecular weight excluding hydrogens is 280 g/mol. The number of rotatable bonds is 2. The van der Waals surface area contributed by atoms with Crippen LogP contribution < -0.4 is 0 Å². The number of halogens is 1. The SMILES string of the molecule is ClCc1c2ccccc2cc2cccc(-n3ccnc3)c12. The Balaban J connectivity index is 2.20. The Hall–Kier alpha value is -2.32. The van der Waals surface area contributed by atoms with Crippen LogP contribution in [0.3, 0.4) is 0 Å². The molecule has 0 N–H and O–H groups in total. The van der Waals surface area contributed by atoms with E-state index in [2.05, 4.69) is 53.5 Å². The van der Waals surface area contributed by atoms with Crippen LogP contribution in [-0.4, -0.2) is 9.55 Å². The van der Waals surface area contributed by atoms with E-state index in [9.17, 15) is 0 Å². The lowest BCUT2D eigenvalue weighted by Crippen LogP contribution is -1.95. The Kier molecular flexibility index (Phi) is 2.90. The van der Waals surface area contributed by atoms with Crippen molar-refractivity contribution in [1.82, 2.24) is 9.55 Å². The monoisotopic (exact) mass is 292 g/mol. The second kappa shape index (κ2) is 4.90. The fraction of sp³-hybridized carbons (Fsp3) is 0.0556. The van der Waals surface area contributed by atoms with Gasteiger partial charge in [0, 0.05) is 23.7 Å². The average molecular weight is 293 g/mol. The molecule has 0 saturated carbocycles. The number of fused-ring (bicyclic) bond motifs is 2. The third kappa shape index (κ3) is 1.91. The van der Waals surface area contributed by atoms with E-state index in [1.807, 2.05) is 17.1 Å². The van der Waals surface area contributed by atoms with Crippen molar-refractivity contribution in [3.8, 4) is 5.69 Å². The highest BCUT2D eigenvalue weighted by molar-refractivity contribution is 6.20. The average Bonchev–Trinajstić information content (AvgIpc) is 3.06. The summed E-state index contributed by atoms with van der Waals surface area (Å²) >= 11 is 6.29. The van der Waals surface area contributed by atoms with E-state index in [0.717, 1.165) is 5.69 Å². The molecular formula is C18H13ClN2. The third-order valence-corrected chi connectivity index (χ3v) is 4.16. The minimum absolute atomic E-state index is 0.490. The molecule has 0 aliphatic carbocycles. The first kappa shape index (κ1) is 12.4. The van der Waals surface area contributed by atoms with E-state index in [1.165, 1.54) is 27.1 Å². The number of aromatic nitrogens is 2. The molecule has 3 heteroatoms. The van der Waals surface area contributed by atoms with Crippen LogP contribution in [0.2, 0.25) is 0 Å². The minimum atomic E-state index is 0.490. The lowest BCUT2D eigenvalue weighted by Gasteiger charge is -2.14. The zero-order chi connectivity index (χ0) is 14.2. The Labute approximate surface area is 127 Å². The Morgan fingerprint density at radius 1 is 1.00 bits per heavy atom. The molecule has 2 nitrogen and oxygen atoms in total. The van der Waals surface area contributed by atoms with E-state index < -0.39 is 0 Å². The van der Waals surface area contributed by atoms with Crippen molar-refractivity contribution in [2.75, 3.05) is 0 Å². The summed E-state index contributed by atoms with van der Waals surface area (Å²) < 4.78 is 2.03. The summed E-state index contributed by atoms with van der Waals surface area (Å²) in [6, 6.07) is 16.9. The van der Waals surface area contributed by atoms with E-state index >= 15 is 0 Å². The standard InChI is InChI=1S/C18H13ClN2/c19-11-16-15-6-2-1-4-13(15)10-14-5-3-7-17(18(14)16)21-9-8-20-12-21/h1-10,12H,11H2. The van der Waals surface area contributed by atoms with Crippen LogP contribution >= 0.6 is 11.6 Å².